The van der Waals surface area contributed by atoms with Gasteiger partial charge in [-0.05, 0) is 29.8 Å². The van der Waals surface area contributed by atoms with Gasteiger partial charge in [0, 0.05) is 52.6 Å². The highest BCUT2D eigenvalue weighted by Crippen LogP contribution is 2.29. The summed E-state index contributed by atoms with van der Waals surface area (Å²) < 4.78 is 4.24. The third kappa shape index (κ3) is 2.64. The molecular weight excluding hydrogens is 308 g/mol. The van der Waals surface area contributed by atoms with Gasteiger partial charge in [0.15, 0.2) is 6.20 Å². The highest BCUT2D eigenvalue weighted by Gasteiger charge is 2.09. The molecule has 0 spiro atoms. The van der Waals surface area contributed by atoms with E-state index in [2.05, 4.69) is 45.6 Å². The molecule has 0 amide bonds. The number of hydrogen-bond donors (Lipinski definition) is 0. The maximum Gasteiger partial charge on any atom is 0.204 e. The zero-order valence-corrected chi connectivity index (χ0v) is 14.3. The third-order valence-corrected chi connectivity index (χ3v) is 4.73. The quantitative estimate of drug-likeness (QED) is 0.410. The Labute approximate surface area is 146 Å². The van der Waals surface area contributed by atoms with Crippen molar-refractivity contribution in [1.29, 1.82) is 0 Å². The van der Waals surface area contributed by atoms with Gasteiger partial charge in [0.1, 0.15) is 13.3 Å². The fourth-order valence-corrected chi connectivity index (χ4v) is 3.31. The molecule has 0 unspecified atom stereocenters. The predicted octanol–water partition coefficient (Wildman–Crippen LogP) is 4.14. The summed E-state index contributed by atoms with van der Waals surface area (Å²) in [7, 11) is 4.08. The van der Waals surface area contributed by atoms with Crippen LogP contribution in [0.3, 0.4) is 0 Å². The molecule has 0 aliphatic heterocycles. The molecule has 2 aromatic heterocycles. The second-order valence-electron chi connectivity index (χ2n) is 6.30. The largest absolute Gasteiger partial charge is 0.344 e. The van der Waals surface area contributed by atoms with Gasteiger partial charge in [0.05, 0.1) is 0 Å². The van der Waals surface area contributed by atoms with Crippen LogP contribution in [0.2, 0.25) is 0 Å². The number of aldehydes is 1. The van der Waals surface area contributed by atoms with Crippen molar-refractivity contribution in [2.75, 3.05) is 0 Å². The molecule has 2 aromatic carbocycles. The topological polar surface area (TPSA) is 25.9 Å². The van der Waals surface area contributed by atoms with Crippen molar-refractivity contribution in [3.8, 4) is 0 Å². The van der Waals surface area contributed by atoms with Crippen molar-refractivity contribution in [3.63, 3.8) is 0 Å². The van der Waals surface area contributed by atoms with Crippen LogP contribution in [0.1, 0.15) is 21.6 Å². The van der Waals surface area contributed by atoms with E-state index in [-0.39, 0.29) is 0 Å². The summed E-state index contributed by atoms with van der Waals surface area (Å²) in [5.74, 6) is 0. The first kappa shape index (κ1) is 15.3. The molecule has 0 saturated carbocycles. The average Bonchev–Trinajstić information content (AvgIpc) is 2.92. The van der Waals surface area contributed by atoms with Gasteiger partial charge >= 0.3 is 0 Å². The lowest BCUT2D eigenvalue weighted by Crippen LogP contribution is -2.30. The number of hydrogen-bond acceptors (Lipinski definition) is 1. The summed E-state index contributed by atoms with van der Waals surface area (Å²) in [6.45, 7) is 0. The number of benzene rings is 2. The van der Waals surface area contributed by atoms with Crippen molar-refractivity contribution < 1.29 is 9.36 Å². The van der Waals surface area contributed by atoms with Crippen LogP contribution in [0, 0.1) is 0 Å². The van der Waals surface area contributed by atoms with E-state index in [1.807, 2.05) is 50.6 Å². The van der Waals surface area contributed by atoms with Crippen LogP contribution in [-0.4, -0.2) is 10.9 Å². The van der Waals surface area contributed by atoms with Crippen LogP contribution in [0.4, 0.5) is 0 Å². The zero-order valence-electron chi connectivity index (χ0n) is 14.3. The average molecular weight is 327 g/mol. The molecule has 4 rings (SSSR count). The Morgan fingerprint density at radius 3 is 2.24 bits per heavy atom. The van der Waals surface area contributed by atoms with E-state index in [1.54, 1.807) is 0 Å². The summed E-state index contributed by atoms with van der Waals surface area (Å²) >= 11 is 0. The van der Waals surface area contributed by atoms with Crippen LogP contribution in [-0.2, 0) is 14.1 Å². The van der Waals surface area contributed by atoms with Crippen molar-refractivity contribution >= 4 is 40.2 Å². The van der Waals surface area contributed by atoms with Crippen molar-refractivity contribution in [2.24, 2.45) is 14.1 Å². The Balaban J connectivity index is 1.82. The lowest BCUT2D eigenvalue weighted by atomic mass is 10.1. The molecule has 0 atom stereocenters. The third-order valence-electron chi connectivity index (χ3n) is 4.73. The van der Waals surface area contributed by atoms with Crippen LogP contribution in [0.25, 0.3) is 34.0 Å². The van der Waals surface area contributed by atoms with Gasteiger partial charge in [-0.25, -0.2) is 4.57 Å². The minimum absolute atomic E-state index is 0.704. The molecule has 3 heteroatoms. The second kappa shape index (κ2) is 6.02. The molecule has 0 saturated heterocycles. The van der Waals surface area contributed by atoms with Crippen LogP contribution in [0.15, 0.2) is 60.8 Å². The highest BCUT2D eigenvalue weighted by atomic mass is 16.1. The first-order valence-electron chi connectivity index (χ1n) is 8.27. The summed E-state index contributed by atoms with van der Waals surface area (Å²) in [5, 5.41) is 2.38. The summed E-state index contributed by atoms with van der Waals surface area (Å²) in [5.41, 5.74) is 5.25. The van der Waals surface area contributed by atoms with E-state index in [0.29, 0.717) is 5.56 Å². The number of fused-ring (bicyclic) bond motifs is 3. The maximum atomic E-state index is 11.1. The Hall–Kier alpha value is -3.20. The van der Waals surface area contributed by atoms with Gasteiger partial charge in [-0.2, -0.15) is 0 Å². The Morgan fingerprint density at radius 1 is 0.880 bits per heavy atom. The lowest BCUT2D eigenvalue weighted by molar-refractivity contribution is -0.673. The SMILES string of the molecule is Cn1c2cc(C=O)ccc2c2ccc(/C=C/c3cccc[n+]3C)cc21. The number of rotatable bonds is 3. The van der Waals surface area contributed by atoms with Gasteiger partial charge in [-0.3, -0.25) is 4.79 Å². The Morgan fingerprint density at radius 2 is 1.56 bits per heavy atom. The molecule has 25 heavy (non-hydrogen) atoms. The standard InChI is InChI=1S/C22H19N2O/c1-23-12-4-3-5-18(23)9-6-16-7-10-19-20-11-8-17(15-25)14-22(20)24(2)21(19)13-16/h3-15H,1-2H3/q+1. The van der Waals surface area contributed by atoms with Crippen molar-refractivity contribution in [2.45, 2.75) is 0 Å². The molecule has 0 N–H and O–H groups in total. The first-order chi connectivity index (χ1) is 12.2. The minimum atomic E-state index is 0.704. The van der Waals surface area contributed by atoms with E-state index >= 15 is 0 Å². The molecule has 0 aliphatic carbocycles. The van der Waals surface area contributed by atoms with Gasteiger partial charge in [-0.15, -0.1) is 0 Å². The van der Waals surface area contributed by atoms with Crippen molar-refractivity contribution in [1.82, 2.24) is 4.57 Å². The maximum absolute atomic E-state index is 11.1. The van der Waals surface area contributed by atoms with E-state index in [1.165, 1.54) is 10.8 Å². The van der Waals surface area contributed by atoms with Gasteiger partial charge in [-0.1, -0.05) is 24.3 Å². The van der Waals surface area contributed by atoms with Crippen molar-refractivity contribution in [3.05, 3.63) is 77.6 Å². The van der Waals surface area contributed by atoms with Crippen LogP contribution < -0.4 is 4.57 Å². The molecule has 0 aliphatic rings. The smallest absolute Gasteiger partial charge is 0.204 e. The van der Waals surface area contributed by atoms with Gasteiger partial charge < -0.3 is 4.57 Å². The Kier molecular flexibility index (Phi) is 3.69. The van der Waals surface area contributed by atoms with E-state index in [4.69, 9.17) is 0 Å². The predicted molar refractivity (Wildman–Crippen MR) is 102 cm³/mol. The fraction of sp³-hybridized carbons (Fsp3) is 0.0909. The number of carbonyl (C=O) groups is 1. The number of aryl methyl sites for hydroxylation is 2. The summed E-state index contributed by atoms with van der Waals surface area (Å²) in [6, 6.07) is 18.5. The van der Waals surface area contributed by atoms with Crippen LogP contribution in [0.5, 0.6) is 0 Å². The molecule has 0 radical (unpaired) electrons. The number of carbonyl (C=O) groups excluding carboxylic acids is 1. The monoisotopic (exact) mass is 327 g/mol. The highest BCUT2D eigenvalue weighted by molar-refractivity contribution is 6.09. The molecule has 122 valence electrons. The molecule has 3 nitrogen and oxygen atoms in total. The molecule has 0 bridgehead atoms. The van der Waals surface area contributed by atoms with E-state index in [9.17, 15) is 4.79 Å². The van der Waals surface area contributed by atoms with E-state index in [0.717, 1.165) is 28.6 Å². The van der Waals surface area contributed by atoms with Gasteiger partial charge in [0.25, 0.3) is 0 Å². The lowest BCUT2D eigenvalue weighted by Gasteiger charge is -2.00. The van der Waals surface area contributed by atoms with Gasteiger partial charge in [0.2, 0.25) is 5.69 Å². The number of nitrogens with zero attached hydrogens (tertiary/aromatic N) is 2. The van der Waals surface area contributed by atoms with Crippen LogP contribution >= 0.6 is 0 Å². The van der Waals surface area contributed by atoms with E-state index < -0.39 is 0 Å². The number of pyridine rings is 1. The molecular formula is C22H19N2O+. The Bertz CT molecular complexity index is 1140. The second-order valence-corrected chi connectivity index (χ2v) is 6.30. The molecule has 2 heterocycles. The summed E-state index contributed by atoms with van der Waals surface area (Å²) in [4.78, 5) is 11.1. The fourth-order valence-electron chi connectivity index (χ4n) is 3.31. The zero-order chi connectivity index (χ0) is 17.4. The summed E-state index contributed by atoms with van der Waals surface area (Å²) in [6.07, 6.45) is 7.18. The number of aromatic nitrogens is 2. The molecule has 4 aromatic rings. The normalized spacial score (nSPS) is 11.6. The molecule has 0 fully saturated rings. The first-order valence-corrected chi connectivity index (χ1v) is 8.27. The minimum Gasteiger partial charge on any atom is -0.344 e.